The van der Waals surface area contributed by atoms with Crippen molar-refractivity contribution in [2.24, 2.45) is 5.41 Å². The van der Waals surface area contributed by atoms with Crippen molar-refractivity contribution in [1.82, 2.24) is 0 Å². The lowest BCUT2D eigenvalue weighted by Gasteiger charge is -2.27. The second-order valence-corrected chi connectivity index (χ2v) is 8.42. The molecule has 172 valence electrons. The molecule has 0 saturated heterocycles. The highest BCUT2D eigenvalue weighted by molar-refractivity contribution is 6.30. The van der Waals surface area contributed by atoms with Crippen LogP contribution in [0.15, 0.2) is 78.4 Å². The Balaban J connectivity index is 2.09. The van der Waals surface area contributed by atoms with Gasteiger partial charge in [-0.3, -0.25) is 9.59 Å². The largest absolute Gasteiger partial charge is 0.465 e. The highest BCUT2D eigenvalue weighted by Crippen LogP contribution is 2.50. The Morgan fingerprint density at radius 1 is 1.00 bits per heavy atom. The van der Waals surface area contributed by atoms with Gasteiger partial charge in [-0.05, 0) is 56.5 Å². The van der Waals surface area contributed by atoms with E-state index < -0.39 is 17.4 Å². The van der Waals surface area contributed by atoms with Crippen molar-refractivity contribution in [2.45, 2.75) is 32.6 Å². The minimum Gasteiger partial charge on any atom is -0.465 e. The number of halogens is 1. The predicted octanol–water partition coefficient (Wildman–Crippen LogP) is 5.70. The molecule has 0 bridgehead atoms. The van der Waals surface area contributed by atoms with Gasteiger partial charge in [0.2, 0.25) is 0 Å². The number of allylic oxidation sites excluding steroid dienone is 1. The summed E-state index contributed by atoms with van der Waals surface area (Å²) in [5.41, 5.74) is 0.799. The van der Waals surface area contributed by atoms with Crippen molar-refractivity contribution in [3.05, 3.63) is 94.5 Å². The molecular formula is C27H27ClO5. The number of benzene rings is 2. The second-order valence-electron chi connectivity index (χ2n) is 7.98. The van der Waals surface area contributed by atoms with Crippen molar-refractivity contribution >= 4 is 29.3 Å². The highest BCUT2D eigenvalue weighted by Gasteiger charge is 2.49. The highest BCUT2D eigenvalue weighted by atomic mass is 35.5. The molecule has 1 aliphatic carbocycles. The first-order chi connectivity index (χ1) is 15.8. The fraction of sp³-hybridized carbons (Fsp3) is 0.296. The minimum atomic E-state index is -1.21. The molecule has 0 fully saturated rings. The molecule has 2 aromatic carbocycles. The number of hydrogen-bond donors (Lipinski definition) is 0. The molecule has 2 atom stereocenters. The van der Waals surface area contributed by atoms with Crippen LogP contribution in [0.25, 0.3) is 0 Å². The monoisotopic (exact) mass is 466 g/mol. The number of rotatable bonds is 9. The molecule has 3 rings (SSSR count). The predicted molar refractivity (Wildman–Crippen MR) is 127 cm³/mol. The van der Waals surface area contributed by atoms with Crippen LogP contribution in [0, 0.1) is 5.41 Å². The third-order valence-electron chi connectivity index (χ3n) is 5.72. The zero-order valence-corrected chi connectivity index (χ0v) is 19.6. The van der Waals surface area contributed by atoms with Gasteiger partial charge in [-0.15, -0.1) is 0 Å². The number of Topliss-reactive ketones (excluding diaryl/α,β-unsaturated/α-hetero) is 1. The van der Waals surface area contributed by atoms with E-state index in [2.05, 4.69) is 6.58 Å². The number of esters is 2. The average Bonchev–Trinajstić information content (AvgIpc) is 3.21. The number of ketones is 1. The van der Waals surface area contributed by atoms with Crippen LogP contribution in [0.3, 0.4) is 0 Å². The summed E-state index contributed by atoms with van der Waals surface area (Å²) in [4.78, 5) is 39.1. The maximum atomic E-state index is 13.6. The summed E-state index contributed by atoms with van der Waals surface area (Å²) in [6.45, 7) is 7.65. The van der Waals surface area contributed by atoms with Gasteiger partial charge in [0.25, 0.3) is 0 Å². The van der Waals surface area contributed by atoms with E-state index >= 15 is 0 Å². The average molecular weight is 467 g/mol. The zero-order valence-electron chi connectivity index (χ0n) is 18.8. The topological polar surface area (TPSA) is 69.7 Å². The lowest BCUT2D eigenvalue weighted by Crippen LogP contribution is -2.32. The maximum Gasteiger partial charge on any atom is 0.333 e. The maximum absolute atomic E-state index is 13.6. The molecule has 0 amide bonds. The van der Waals surface area contributed by atoms with Gasteiger partial charge in [0.05, 0.1) is 18.6 Å². The van der Waals surface area contributed by atoms with Crippen LogP contribution in [0.4, 0.5) is 0 Å². The van der Waals surface area contributed by atoms with E-state index in [0.29, 0.717) is 16.2 Å². The number of ether oxygens (including phenoxy) is 2. The molecule has 1 aliphatic rings. The molecule has 2 aromatic rings. The van der Waals surface area contributed by atoms with E-state index in [9.17, 15) is 14.4 Å². The third kappa shape index (κ3) is 5.42. The van der Waals surface area contributed by atoms with Crippen LogP contribution in [-0.2, 0) is 19.1 Å². The summed E-state index contributed by atoms with van der Waals surface area (Å²) in [6.07, 6.45) is 1.96. The smallest absolute Gasteiger partial charge is 0.333 e. The van der Waals surface area contributed by atoms with Gasteiger partial charge < -0.3 is 9.47 Å². The normalized spacial score (nSPS) is 19.5. The number of hydrogen-bond acceptors (Lipinski definition) is 5. The van der Waals surface area contributed by atoms with Crippen LogP contribution < -0.4 is 0 Å². The van der Waals surface area contributed by atoms with Gasteiger partial charge in [0.15, 0.2) is 5.78 Å². The van der Waals surface area contributed by atoms with Crippen LogP contribution in [0.1, 0.15) is 48.5 Å². The molecule has 5 nitrogen and oxygen atoms in total. The fourth-order valence-electron chi connectivity index (χ4n) is 4.20. The van der Waals surface area contributed by atoms with Crippen LogP contribution in [0.2, 0.25) is 5.02 Å². The van der Waals surface area contributed by atoms with Gasteiger partial charge >= 0.3 is 11.9 Å². The summed E-state index contributed by atoms with van der Waals surface area (Å²) < 4.78 is 10.5. The first-order valence-corrected chi connectivity index (χ1v) is 11.3. The first-order valence-electron chi connectivity index (χ1n) is 10.9. The van der Waals surface area contributed by atoms with Crippen LogP contribution in [0.5, 0.6) is 0 Å². The third-order valence-corrected chi connectivity index (χ3v) is 5.97. The molecule has 0 saturated carbocycles. The Bertz CT molecular complexity index is 1070. The molecule has 1 unspecified atom stereocenters. The summed E-state index contributed by atoms with van der Waals surface area (Å²) >= 11 is 5.99. The molecular weight excluding hydrogens is 440 g/mol. The van der Waals surface area contributed by atoms with Crippen molar-refractivity contribution in [1.29, 1.82) is 0 Å². The molecule has 0 radical (unpaired) electrons. The van der Waals surface area contributed by atoms with E-state index in [1.165, 1.54) is 0 Å². The number of carbonyl (C=O) groups excluding carboxylic acids is 3. The van der Waals surface area contributed by atoms with Gasteiger partial charge in [-0.25, -0.2) is 4.79 Å². The zero-order chi connectivity index (χ0) is 24.0. The van der Waals surface area contributed by atoms with E-state index in [1.807, 2.05) is 30.3 Å². The quantitative estimate of drug-likeness (QED) is 0.269. The number of carbonyl (C=O) groups is 3. The Hall–Kier alpha value is -3.18. The fourth-order valence-corrected chi connectivity index (χ4v) is 4.33. The van der Waals surface area contributed by atoms with Gasteiger partial charge in [0, 0.05) is 27.7 Å². The first kappa shape index (κ1) is 24.5. The molecule has 6 heteroatoms. The molecule has 33 heavy (non-hydrogen) atoms. The standard InChI is InChI=1S/C27H27ClO5/c1-4-32-25(30)18(3)15-27(26(31)33-5-2)16-22(19-9-7-6-8-10-19)23(17-27)24(29)20-11-13-21(28)14-12-20/h6-14,17,22H,3-5,15-16H2,1-2H3/t22?,27-/m1/s1. The van der Waals surface area contributed by atoms with Crippen molar-refractivity contribution in [3.8, 4) is 0 Å². The summed E-state index contributed by atoms with van der Waals surface area (Å²) in [7, 11) is 0. The lowest BCUT2D eigenvalue weighted by atomic mass is 9.78. The van der Waals surface area contributed by atoms with Gasteiger partial charge in [-0.1, -0.05) is 54.6 Å². The van der Waals surface area contributed by atoms with Crippen molar-refractivity contribution in [3.63, 3.8) is 0 Å². The Morgan fingerprint density at radius 2 is 1.64 bits per heavy atom. The van der Waals surface area contributed by atoms with E-state index in [1.54, 1.807) is 44.2 Å². The Morgan fingerprint density at radius 3 is 2.24 bits per heavy atom. The van der Waals surface area contributed by atoms with Crippen LogP contribution in [-0.4, -0.2) is 30.9 Å². The Labute approximate surface area is 199 Å². The molecule has 0 N–H and O–H groups in total. The van der Waals surface area contributed by atoms with E-state index in [4.69, 9.17) is 21.1 Å². The van der Waals surface area contributed by atoms with Gasteiger partial charge in [0.1, 0.15) is 0 Å². The molecule has 0 aliphatic heterocycles. The second kappa shape index (κ2) is 10.6. The van der Waals surface area contributed by atoms with Crippen LogP contribution >= 0.6 is 11.6 Å². The van der Waals surface area contributed by atoms with Crippen molar-refractivity contribution in [2.75, 3.05) is 13.2 Å². The lowest BCUT2D eigenvalue weighted by molar-refractivity contribution is -0.152. The Kier molecular flexibility index (Phi) is 7.88. The van der Waals surface area contributed by atoms with Crippen molar-refractivity contribution < 1.29 is 23.9 Å². The van der Waals surface area contributed by atoms with E-state index in [-0.39, 0.29) is 43.3 Å². The molecule has 0 spiro atoms. The summed E-state index contributed by atoms with van der Waals surface area (Å²) in [5, 5.41) is 0.526. The summed E-state index contributed by atoms with van der Waals surface area (Å²) in [6, 6.07) is 16.2. The van der Waals surface area contributed by atoms with E-state index in [0.717, 1.165) is 5.56 Å². The SMILES string of the molecule is C=C(C[C@]1(C(=O)OCC)C=C(C(=O)c2ccc(Cl)cc2)C(c2ccccc2)C1)C(=O)OCC. The molecule has 0 heterocycles. The summed E-state index contributed by atoms with van der Waals surface area (Å²) in [5.74, 6) is -1.61. The molecule has 0 aromatic heterocycles. The minimum absolute atomic E-state index is 0.00536. The van der Waals surface area contributed by atoms with Gasteiger partial charge in [-0.2, -0.15) is 0 Å².